The lowest BCUT2D eigenvalue weighted by Crippen LogP contribution is -2.00. The summed E-state index contributed by atoms with van der Waals surface area (Å²) in [4.78, 5) is 26.3. The van der Waals surface area contributed by atoms with Gasteiger partial charge >= 0.3 is 11.9 Å². The third-order valence-electron chi connectivity index (χ3n) is 2.88. The number of hydrogen-bond acceptors (Lipinski definition) is 4. The molecular weight excluding hydrogens is 300 g/mol. The number of carbonyl (C=O) groups is 2. The van der Waals surface area contributed by atoms with Gasteiger partial charge in [0.05, 0.1) is 11.1 Å². The van der Waals surface area contributed by atoms with Crippen LogP contribution < -0.4 is 0 Å². The average Bonchev–Trinajstić information content (AvgIpc) is 3.01. The van der Waals surface area contributed by atoms with Crippen molar-refractivity contribution >= 4 is 29.1 Å². The van der Waals surface area contributed by atoms with Crippen molar-refractivity contribution in [3.05, 3.63) is 46.9 Å². The molecule has 3 aromatic rings. The van der Waals surface area contributed by atoms with Crippen LogP contribution >= 0.6 is 11.6 Å². The fraction of sp³-hybridized carbons (Fsp3) is 0. The molecule has 3 heterocycles. The van der Waals surface area contributed by atoms with Crippen LogP contribution in [0.1, 0.15) is 20.8 Å². The van der Waals surface area contributed by atoms with Gasteiger partial charge in [0.1, 0.15) is 0 Å². The number of hydrogen-bond donors (Lipinski definition) is 2. The molecule has 3 aromatic heterocycles. The maximum Gasteiger partial charge on any atom is 0.356 e. The number of imidazole rings is 1. The minimum atomic E-state index is -1.22. The summed E-state index contributed by atoms with van der Waals surface area (Å²) < 4.78 is 6.56. The van der Waals surface area contributed by atoms with Gasteiger partial charge in [-0.2, -0.15) is 0 Å². The Hall–Kier alpha value is -2.80. The van der Waals surface area contributed by atoms with E-state index in [-0.39, 0.29) is 33.6 Å². The zero-order chi connectivity index (χ0) is 15.1. The number of rotatable bonds is 3. The van der Waals surface area contributed by atoms with E-state index in [9.17, 15) is 14.7 Å². The number of pyridine rings is 1. The first kappa shape index (κ1) is 13.2. The molecule has 0 saturated heterocycles. The van der Waals surface area contributed by atoms with Crippen molar-refractivity contribution in [2.24, 2.45) is 0 Å². The van der Waals surface area contributed by atoms with Crippen molar-refractivity contribution in [2.75, 3.05) is 0 Å². The van der Waals surface area contributed by atoms with E-state index in [0.717, 1.165) is 0 Å². The number of aromatic nitrogens is 2. The van der Waals surface area contributed by atoms with E-state index in [0.29, 0.717) is 0 Å². The maximum absolute atomic E-state index is 11.2. The zero-order valence-electron chi connectivity index (χ0n) is 10.3. The van der Waals surface area contributed by atoms with Crippen LogP contribution in [0, 0.1) is 0 Å². The van der Waals surface area contributed by atoms with Crippen molar-refractivity contribution in [3.8, 4) is 11.6 Å². The molecule has 0 saturated carbocycles. The number of furan rings is 1. The second kappa shape index (κ2) is 4.64. The number of fused-ring (bicyclic) bond motifs is 1. The van der Waals surface area contributed by atoms with Crippen LogP contribution in [0.25, 0.3) is 17.1 Å². The van der Waals surface area contributed by atoms with Crippen molar-refractivity contribution in [2.45, 2.75) is 0 Å². The smallest absolute Gasteiger partial charge is 0.356 e. The van der Waals surface area contributed by atoms with Gasteiger partial charge < -0.3 is 14.6 Å². The molecule has 21 heavy (non-hydrogen) atoms. The van der Waals surface area contributed by atoms with E-state index in [4.69, 9.17) is 21.1 Å². The predicted molar refractivity (Wildman–Crippen MR) is 71.8 cm³/mol. The average molecular weight is 307 g/mol. The standard InChI is InChI=1S/C13H7ClN2O5/c14-9-4-3-8(21-9)11-15-10(13(19)20)7-2-1-6(12(17)18)5-16(7)11/h1-5H,(H,17,18)(H,19,20). The summed E-state index contributed by atoms with van der Waals surface area (Å²) in [5.41, 5.74) is 0.0558. The third-order valence-corrected chi connectivity index (χ3v) is 3.08. The van der Waals surface area contributed by atoms with E-state index in [1.165, 1.54) is 34.9 Å². The number of carboxylic acids is 2. The van der Waals surface area contributed by atoms with Gasteiger partial charge in [-0.15, -0.1) is 0 Å². The van der Waals surface area contributed by atoms with Gasteiger partial charge in [0.25, 0.3) is 0 Å². The molecule has 0 aliphatic rings. The van der Waals surface area contributed by atoms with Crippen LogP contribution in [0.15, 0.2) is 34.9 Å². The molecule has 7 nitrogen and oxygen atoms in total. The van der Waals surface area contributed by atoms with Gasteiger partial charge in [0.2, 0.25) is 0 Å². The molecule has 0 bridgehead atoms. The summed E-state index contributed by atoms with van der Waals surface area (Å²) >= 11 is 5.70. The Labute approximate surface area is 122 Å². The molecule has 3 rings (SSSR count). The first-order chi connectivity index (χ1) is 9.97. The van der Waals surface area contributed by atoms with Crippen molar-refractivity contribution in [1.29, 1.82) is 0 Å². The summed E-state index contributed by atoms with van der Waals surface area (Å²) in [6.45, 7) is 0. The first-order valence-electron chi connectivity index (χ1n) is 5.72. The molecule has 0 aliphatic carbocycles. The summed E-state index contributed by atoms with van der Waals surface area (Å²) in [5, 5.41) is 18.3. The van der Waals surface area contributed by atoms with E-state index in [1.807, 2.05) is 0 Å². The Morgan fingerprint density at radius 2 is 1.90 bits per heavy atom. The van der Waals surface area contributed by atoms with Crippen LogP contribution in [0.3, 0.4) is 0 Å². The van der Waals surface area contributed by atoms with Gasteiger partial charge in [0.15, 0.2) is 22.5 Å². The molecule has 2 N–H and O–H groups in total. The number of nitrogens with zero attached hydrogens (tertiary/aromatic N) is 2. The molecule has 106 valence electrons. The van der Waals surface area contributed by atoms with Crippen molar-refractivity contribution in [1.82, 2.24) is 9.38 Å². The predicted octanol–water partition coefficient (Wildman–Crippen LogP) is 2.64. The normalized spacial score (nSPS) is 10.9. The Kier molecular flexibility index (Phi) is 2.91. The lowest BCUT2D eigenvalue weighted by Gasteiger charge is -2.00. The highest BCUT2D eigenvalue weighted by Gasteiger charge is 2.20. The van der Waals surface area contributed by atoms with Gasteiger partial charge in [-0.1, -0.05) is 0 Å². The highest BCUT2D eigenvalue weighted by molar-refractivity contribution is 6.29. The van der Waals surface area contributed by atoms with Crippen molar-refractivity contribution < 1.29 is 24.2 Å². The third kappa shape index (κ3) is 2.13. The number of carboxylic acid groups (broad SMARTS) is 2. The molecule has 0 aliphatic heterocycles. The molecule has 0 spiro atoms. The monoisotopic (exact) mass is 306 g/mol. The summed E-state index contributed by atoms with van der Waals surface area (Å²) in [7, 11) is 0. The Morgan fingerprint density at radius 1 is 1.14 bits per heavy atom. The van der Waals surface area contributed by atoms with Crippen LogP contribution in [0.5, 0.6) is 0 Å². The largest absolute Gasteiger partial charge is 0.478 e. The molecule has 0 radical (unpaired) electrons. The van der Waals surface area contributed by atoms with E-state index in [1.54, 1.807) is 0 Å². The lowest BCUT2D eigenvalue weighted by atomic mass is 10.2. The van der Waals surface area contributed by atoms with Crippen LogP contribution in [-0.2, 0) is 0 Å². The van der Waals surface area contributed by atoms with Gasteiger partial charge in [0, 0.05) is 6.20 Å². The van der Waals surface area contributed by atoms with E-state index in [2.05, 4.69) is 4.98 Å². The van der Waals surface area contributed by atoms with Crippen LogP contribution in [0.4, 0.5) is 0 Å². The molecule has 0 aromatic carbocycles. The Morgan fingerprint density at radius 3 is 2.48 bits per heavy atom. The van der Waals surface area contributed by atoms with Gasteiger partial charge in [-0.3, -0.25) is 4.40 Å². The summed E-state index contributed by atoms with van der Waals surface area (Å²) in [6.07, 6.45) is 1.28. The summed E-state index contributed by atoms with van der Waals surface area (Å²) in [5.74, 6) is -1.95. The molecule has 0 unspecified atom stereocenters. The molecular formula is C13H7ClN2O5. The lowest BCUT2D eigenvalue weighted by molar-refractivity contribution is 0.0685. The highest BCUT2D eigenvalue weighted by atomic mass is 35.5. The first-order valence-corrected chi connectivity index (χ1v) is 6.09. The second-order valence-corrected chi connectivity index (χ2v) is 4.54. The fourth-order valence-corrected chi connectivity index (χ4v) is 2.12. The van der Waals surface area contributed by atoms with Gasteiger partial charge in [-0.05, 0) is 35.9 Å². The summed E-state index contributed by atoms with van der Waals surface area (Å²) in [6, 6.07) is 5.70. The highest BCUT2D eigenvalue weighted by Crippen LogP contribution is 2.27. The number of halogens is 1. The van der Waals surface area contributed by atoms with Crippen LogP contribution in [-0.4, -0.2) is 31.5 Å². The zero-order valence-corrected chi connectivity index (χ0v) is 11.0. The second-order valence-electron chi connectivity index (χ2n) is 4.17. The minimum absolute atomic E-state index is 0.00394. The molecule has 0 fully saturated rings. The quantitative estimate of drug-likeness (QED) is 0.770. The molecule has 0 amide bonds. The Balaban J connectivity index is 2.34. The van der Waals surface area contributed by atoms with E-state index >= 15 is 0 Å². The minimum Gasteiger partial charge on any atom is -0.478 e. The Bertz CT molecular complexity index is 880. The molecule has 0 atom stereocenters. The SMILES string of the molecule is O=C(O)c1ccc2c(C(=O)O)nc(-c3ccc(Cl)o3)n2c1. The number of aromatic carboxylic acids is 2. The molecule has 8 heteroatoms. The van der Waals surface area contributed by atoms with Crippen molar-refractivity contribution in [3.63, 3.8) is 0 Å². The fourth-order valence-electron chi connectivity index (χ4n) is 1.98. The van der Waals surface area contributed by atoms with Gasteiger partial charge in [-0.25, -0.2) is 14.6 Å². The van der Waals surface area contributed by atoms with Crippen LogP contribution in [0.2, 0.25) is 5.22 Å². The topological polar surface area (TPSA) is 105 Å². The van der Waals surface area contributed by atoms with E-state index < -0.39 is 11.9 Å². The maximum atomic E-state index is 11.2.